The molecule has 0 aliphatic carbocycles. The molecule has 0 amide bonds. The molecule has 1 heterocycles. The Morgan fingerprint density at radius 3 is 2.75 bits per heavy atom. The zero-order valence-electron chi connectivity index (χ0n) is 10.6. The summed E-state index contributed by atoms with van der Waals surface area (Å²) >= 11 is 3.08. The van der Waals surface area contributed by atoms with Crippen LogP contribution in [0.4, 0.5) is 4.39 Å². The van der Waals surface area contributed by atoms with E-state index in [9.17, 15) is 12.8 Å². The van der Waals surface area contributed by atoms with Crippen molar-refractivity contribution >= 4 is 26.0 Å². The monoisotopic (exact) mass is 358 g/mol. The molecule has 4 nitrogen and oxygen atoms in total. The molecule has 1 aromatic heterocycles. The number of hydrogen-bond acceptors (Lipinski definition) is 3. The largest absolute Gasteiger partial charge is 0.264 e. The Bertz CT molecular complexity index is 735. The predicted octanol–water partition coefficient (Wildman–Crippen LogP) is 2.77. The maximum atomic E-state index is 13.7. The Labute approximate surface area is 125 Å². The summed E-state index contributed by atoms with van der Waals surface area (Å²) in [5, 5.41) is 0. The SMILES string of the molecule is Cc1ccncc1CNS(=O)(=O)c1ccc(Br)cc1F. The van der Waals surface area contributed by atoms with E-state index in [0.29, 0.717) is 4.47 Å². The Kier molecular flexibility index (Phi) is 4.52. The summed E-state index contributed by atoms with van der Waals surface area (Å²) in [7, 11) is -3.90. The maximum absolute atomic E-state index is 13.7. The van der Waals surface area contributed by atoms with Crippen LogP contribution < -0.4 is 4.72 Å². The number of pyridine rings is 1. The van der Waals surface area contributed by atoms with Crippen molar-refractivity contribution < 1.29 is 12.8 Å². The number of nitrogens with zero attached hydrogens (tertiary/aromatic N) is 1. The first-order valence-electron chi connectivity index (χ1n) is 5.74. The molecule has 7 heteroatoms. The van der Waals surface area contributed by atoms with E-state index in [2.05, 4.69) is 25.6 Å². The first-order valence-corrected chi connectivity index (χ1v) is 8.02. The van der Waals surface area contributed by atoms with Gasteiger partial charge in [0.2, 0.25) is 10.0 Å². The van der Waals surface area contributed by atoms with Gasteiger partial charge in [-0.2, -0.15) is 0 Å². The predicted molar refractivity (Wildman–Crippen MR) is 77.1 cm³/mol. The highest BCUT2D eigenvalue weighted by Gasteiger charge is 2.19. The van der Waals surface area contributed by atoms with Crippen molar-refractivity contribution in [3.05, 3.63) is 58.1 Å². The number of aryl methyl sites for hydroxylation is 1. The highest BCUT2D eigenvalue weighted by atomic mass is 79.9. The van der Waals surface area contributed by atoms with Gasteiger partial charge in [-0.3, -0.25) is 4.98 Å². The molecule has 2 aromatic rings. The zero-order chi connectivity index (χ0) is 14.8. The van der Waals surface area contributed by atoms with Crippen LogP contribution in [0.15, 0.2) is 46.0 Å². The average Bonchev–Trinajstić information content (AvgIpc) is 2.37. The van der Waals surface area contributed by atoms with Gasteiger partial charge in [-0.25, -0.2) is 17.5 Å². The summed E-state index contributed by atoms with van der Waals surface area (Å²) in [6.07, 6.45) is 3.21. The lowest BCUT2D eigenvalue weighted by Gasteiger charge is -2.09. The number of halogens is 2. The minimum Gasteiger partial charge on any atom is -0.264 e. The Morgan fingerprint density at radius 2 is 2.10 bits per heavy atom. The van der Waals surface area contributed by atoms with E-state index in [1.54, 1.807) is 18.5 Å². The van der Waals surface area contributed by atoms with Gasteiger partial charge in [-0.05, 0) is 42.3 Å². The first kappa shape index (κ1) is 15.1. The molecule has 0 aliphatic rings. The van der Waals surface area contributed by atoms with Gasteiger partial charge in [-0.1, -0.05) is 15.9 Å². The van der Waals surface area contributed by atoms with Crippen molar-refractivity contribution in [1.82, 2.24) is 9.71 Å². The van der Waals surface area contributed by atoms with Gasteiger partial charge in [0.05, 0.1) is 0 Å². The number of nitrogens with one attached hydrogen (secondary N) is 1. The van der Waals surface area contributed by atoms with Crippen LogP contribution in [0.25, 0.3) is 0 Å². The van der Waals surface area contributed by atoms with E-state index >= 15 is 0 Å². The van der Waals surface area contributed by atoms with Crippen LogP contribution in [0.5, 0.6) is 0 Å². The summed E-state index contributed by atoms with van der Waals surface area (Å²) in [4.78, 5) is 3.56. The summed E-state index contributed by atoms with van der Waals surface area (Å²) in [5.74, 6) is -0.796. The second-order valence-corrected chi connectivity index (χ2v) is 6.85. The third-order valence-electron chi connectivity index (χ3n) is 2.78. The molecule has 1 N–H and O–H groups in total. The summed E-state index contributed by atoms with van der Waals surface area (Å²) in [5.41, 5.74) is 1.66. The molecule has 1 aromatic carbocycles. The molecule has 20 heavy (non-hydrogen) atoms. The van der Waals surface area contributed by atoms with Crippen molar-refractivity contribution in [2.24, 2.45) is 0 Å². The minimum absolute atomic E-state index is 0.0670. The molecule has 0 aliphatic heterocycles. The van der Waals surface area contributed by atoms with Crippen LogP contribution in [-0.2, 0) is 16.6 Å². The van der Waals surface area contributed by atoms with Crippen LogP contribution >= 0.6 is 15.9 Å². The van der Waals surface area contributed by atoms with Crippen molar-refractivity contribution in [3.63, 3.8) is 0 Å². The van der Waals surface area contributed by atoms with Crippen molar-refractivity contribution in [3.8, 4) is 0 Å². The van der Waals surface area contributed by atoms with Crippen LogP contribution in [-0.4, -0.2) is 13.4 Å². The normalized spacial score (nSPS) is 11.6. The minimum atomic E-state index is -3.90. The highest BCUT2D eigenvalue weighted by Crippen LogP contribution is 2.19. The van der Waals surface area contributed by atoms with Gasteiger partial charge in [0, 0.05) is 23.4 Å². The van der Waals surface area contributed by atoms with Gasteiger partial charge in [-0.15, -0.1) is 0 Å². The molecule has 0 atom stereocenters. The number of sulfonamides is 1. The van der Waals surface area contributed by atoms with Crippen molar-refractivity contribution in [2.45, 2.75) is 18.4 Å². The van der Waals surface area contributed by atoms with Gasteiger partial charge in [0.25, 0.3) is 0 Å². The van der Waals surface area contributed by atoms with Gasteiger partial charge < -0.3 is 0 Å². The molecule has 2 rings (SSSR count). The smallest absolute Gasteiger partial charge is 0.243 e. The van der Waals surface area contributed by atoms with E-state index < -0.39 is 15.8 Å². The lowest BCUT2D eigenvalue weighted by molar-refractivity contribution is 0.556. The van der Waals surface area contributed by atoms with Crippen molar-refractivity contribution in [2.75, 3.05) is 0 Å². The topological polar surface area (TPSA) is 59.1 Å². The van der Waals surface area contributed by atoms with Crippen molar-refractivity contribution in [1.29, 1.82) is 0 Å². The molecule has 0 bridgehead atoms. The van der Waals surface area contributed by atoms with Gasteiger partial charge >= 0.3 is 0 Å². The molecular formula is C13H12BrFN2O2S. The van der Waals surface area contributed by atoms with E-state index in [1.807, 2.05) is 6.92 Å². The third-order valence-corrected chi connectivity index (χ3v) is 4.71. The fourth-order valence-corrected chi connectivity index (χ4v) is 3.02. The summed E-state index contributed by atoms with van der Waals surface area (Å²) in [6.45, 7) is 1.92. The fourth-order valence-electron chi connectivity index (χ4n) is 1.63. The fraction of sp³-hybridized carbons (Fsp3) is 0.154. The Hall–Kier alpha value is -1.31. The maximum Gasteiger partial charge on any atom is 0.243 e. The molecular weight excluding hydrogens is 347 g/mol. The second-order valence-electron chi connectivity index (χ2n) is 4.20. The molecule has 0 unspecified atom stereocenters. The van der Waals surface area contributed by atoms with E-state index in [1.165, 1.54) is 12.1 Å². The highest BCUT2D eigenvalue weighted by molar-refractivity contribution is 9.10. The van der Waals surface area contributed by atoms with E-state index in [-0.39, 0.29) is 11.4 Å². The molecule has 106 valence electrons. The number of hydrogen-bond donors (Lipinski definition) is 1. The standard InChI is InChI=1S/C13H12BrFN2O2S/c1-9-4-5-16-7-10(9)8-17-20(18,19)13-3-2-11(14)6-12(13)15/h2-7,17H,8H2,1H3. The van der Waals surface area contributed by atoms with E-state index in [0.717, 1.165) is 17.2 Å². The molecule has 0 fully saturated rings. The molecule has 0 saturated carbocycles. The quantitative estimate of drug-likeness (QED) is 0.913. The van der Waals surface area contributed by atoms with Gasteiger partial charge in [0.1, 0.15) is 10.7 Å². The number of benzene rings is 1. The Morgan fingerprint density at radius 1 is 1.35 bits per heavy atom. The van der Waals surface area contributed by atoms with Crippen LogP contribution in [0.3, 0.4) is 0 Å². The molecule has 0 radical (unpaired) electrons. The second kappa shape index (κ2) is 5.99. The molecule has 0 spiro atoms. The number of aromatic nitrogens is 1. The average molecular weight is 359 g/mol. The molecule has 0 saturated heterocycles. The van der Waals surface area contributed by atoms with Crippen LogP contribution in [0.1, 0.15) is 11.1 Å². The Balaban J connectivity index is 2.22. The number of rotatable bonds is 4. The zero-order valence-corrected chi connectivity index (χ0v) is 13.0. The van der Waals surface area contributed by atoms with Gasteiger partial charge in [0.15, 0.2) is 0 Å². The first-order chi connectivity index (χ1) is 9.40. The lowest BCUT2D eigenvalue weighted by atomic mass is 10.2. The van der Waals surface area contributed by atoms with Crippen LogP contribution in [0, 0.1) is 12.7 Å². The summed E-state index contributed by atoms with van der Waals surface area (Å²) in [6, 6.07) is 5.60. The lowest BCUT2D eigenvalue weighted by Crippen LogP contribution is -2.24. The summed E-state index contributed by atoms with van der Waals surface area (Å²) < 4.78 is 40.7. The third kappa shape index (κ3) is 3.41. The van der Waals surface area contributed by atoms with Crippen LogP contribution in [0.2, 0.25) is 0 Å². The van der Waals surface area contributed by atoms with E-state index in [4.69, 9.17) is 0 Å².